The fourth-order valence-corrected chi connectivity index (χ4v) is 1.81. The van der Waals surface area contributed by atoms with E-state index in [1.165, 1.54) is 24.1 Å². The van der Waals surface area contributed by atoms with Crippen molar-refractivity contribution in [3.05, 3.63) is 35.4 Å². The Kier molecular flexibility index (Phi) is 6.12. The summed E-state index contributed by atoms with van der Waals surface area (Å²) in [4.78, 5) is 2.50. The molecule has 1 aromatic carbocycles. The smallest absolute Gasteiger partial charge is 0.0234 e. The highest BCUT2D eigenvalue weighted by atomic mass is 15.1. The molecule has 0 aromatic heterocycles. The third-order valence-electron chi connectivity index (χ3n) is 2.74. The van der Waals surface area contributed by atoms with Crippen LogP contribution in [0.4, 0.5) is 0 Å². The van der Waals surface area contributed by atoms with Crippen molar-refractivity contribution < 1.29 is 0 Å². The molecule has 1 aromatic rings. The van der Waals surface area contributed by atoms with E-state index in [0.29, 0.717) is 0 Å². The maximum Gasteiger partial charge on any atom is 0.0234 e. The molecule has 0 aliphatic carbocycles. The maximum atomic E-state index is 3.21. The van der Waals surface area contributed by atoms with E-state index in [1.807, 2.05) is 7.05 Å². The summed E-state index contributed by atoms with van der Waals surface area (Å²) < 4.78 is 0. The minimum absolute atomic E-state index is 1.06. The number of rotatable bonds is 7. The second kappa shape index (κ2) is 7.42. The second-order valence-electron chi connectivity index (χ2n) is 4.37. The predicted octanol–water partition coefficient (Wildman–Crippen LogP) is 2.43. The molecule has 90 valence electrons. The summed E-state index contributed by atoms with van der Waals surface area (Å²) in [6, 6.07) is 8.85. The summed E-state index contributed by atoms with van der Waals surface area (Å²) in [5.41, 5.74) is 2.75. The normalized spacial score (nSPS) is 11.0. The van der Waals surface area contributed by atoms with Gasteiger partial charge < -0.3 is 5.32 Å². The van der Waals surface area contributed by atoms with Gasteiger partial charge in [-0.1, -0.05) is 36.8 Å². The van der Waals surface area contributed by atoms with Gasteiger partial charge in [0.2, 0.25) is 0 Å². The first kappa shape index (κ1) is 13.2. The maximum absolute atomic E-state index is 3.21. The molecule has 2 nitrogen and oxygen atoms in total. The van der Waals surface area contributed by atoms with Gasteiger partial charge in [0.25, 0.3) is 0 Å². The third-order valence-corrected chi connectivity index (χ3v) is 2.74. The molecule has 0 fully saturated rings. The first-order valence-electron chi connectivity index (χ1n) is 6.18. The fourth-order valence-electron chi connectivity index (χ4n) is 1.81. The van der Waals surface area contributed by atoms with Gasteiger partial charge in [-0.3, -0.25) is 4.90 Å². The molecule has 16 heavy (non-hydrogen) atoms. The van der Waals surface area contributed by atoms with Gasteiger partial charge in [0, 0.05) is 19.6 Å². The van der Waals surface area contributed by atoms with E-state index in [2.05, 4.69) is 48.3 Å². The van der Waals surface area contributed by atoms with Crippen LogP contribution in [0, 0.1) is 6.92 Å². The van der Waals surface area contributed by atoms with Crippen LogP contribution >= 0.6 is 0 Å². The lowest BCUT2D eigenvalue weighted by atomic mass is 10.1. The summed E-state index contributed by atoms with van der Waals surface area (Å²) in [6.45, 7) is 8.80. The minimum atomic E-state index is 1.06. The molecular formula is C14H24N2. The average Bonchev–Trinajstić information content (AvgIpc) is 2.29. The lowest BCUT2D eigenvalue weighted by Gasteiger charge is -2.21. The van der Waals surface area contributed by atoms with Crippen LogP contribution in [-0.4, -0.2) is 31.6 Å². The molecule has 0 spiro atoms. The van der Waals surface area contributed by atoms with Gasteiger partial charge in [0.15, 0.2) is 0 Å². The fraction of sp³-hybridized carbons (Fsp3) is 0.571. The van der Waals surface area contributed by atoms with Crippen molar-refractivity contribution in [3.63, 3.8) is 0 Å². The van der Waals surface area contributed by atoms with Crippen LogP contribution in [0.3, 0.4) is 0 Å². The molecule has 0 atom stereocenters. The number of nitrogens with zero attached hydrogens (tertiary/aromatic N) is 1. The zero-order chi connectivity index (χ0) is 11.8. The van der Waals surface area contributed by atoms with Gasteiger partial charge in [-0.2, -0.15) is 0 Å². The van der Waals surface area contributed by atoms with Gasteiger partial charge in [-0.05, 0) is 32.5 Å². The Balaban J connectivity index is 2.49. The summed E-state index contributed by atoms with van der Waals surface area (Å²) in [5.74, 6) is 0. The van der Waals surface area contributed by atoms with Crippen LogP contribution in [0.2, 0.25) is 0 Å². The second-order valence-corrected chi connectivity index (χ2v) is 4.37. The number of benzene rings is 1. The van der Waals surface area contributed by atoms with Gasteiger partial charge in [0.1, 0.15) is 0 Å². The number of hydrogen-bond acceptors (Lipinski definition) is 2. The number of aryl methyl sites for hydroxylation is 1. The molecule has 0 bridgehead atoms. The summed E-state index contributed by atoms with van der Waals surface area (Å²) >= 11 is 0. The standard InChI is InChI=1S/C14H24N2/c1-4-10-16(11-9-15-3)12-14-7-5-13(2)6-8-14/h5-8,15H,4,9-12H2,1-3H3. The van der Waals surface area contributed by atoms with Gasteiger partial charge >= 0.3 is 0 Å². The largest absolute Gasteiger partial charge is 0.318 e. The van der Waals surface area contributed by atoms with Crippen LogP contribution in [0.1, 0.15) is 24.5 Å². The first-order valence-corrected chi connectivity index (χ1v) is 6.18. The quantitative estimate of drug-likeness (QED) is 0.759. The minimum Gasteiger partial charge on any atom is -0.318 e. The van der Waals surface area contributed by atoms with E-state index in [1.54, 1.807) is 0 Å². The van der Waals surface area contributed by atoms with Crippen LogP contribution in [0.15, 0.2) is 24.3 Å². The Bertz CT molecular complexity index is 279. The first-order chi connectivity index (χ1) is 7.76. The van der Waals surface area contributed by atoms with Crippen LogP contribution in [0.5, 0.6) is 0 Å². The Morgan fingerprint density at radius 3 is 2.38 bits per heavy atom. The lowest BCUT2D eigenvalue weighted by molar-refractivity contribution is 0.268. The highest BCUT2D eigenvalue weighted by Crippen LogP contribution is 2.07. The van der Waals surface area contributed by atoms with Crippen molar-refractivity contribution in [1.82, 2.24) is 10.2 Å². The molecule has 0 radical (unpaired) electrons. The van der Waals surface area contributed by atoms with Crippen molar-refractivity contribution in [1.29, 1.82) is 0 Å². The lowest BCUT2D eigenvalue weighted by Crippen LogP contribution is -2.31. The Hall–Kier alpha value is -0.860. The van der Waals surface area contributed by atoms with E-state index in [9.17, 15) is 0 Å². The highest BCUT2D eigenvalue weighted by molar-refractivity contribution is 5.21. The van der Waals surface area contributed by atoms with E-state index in [-0.39, 0.29) is 0 Å². The molecule has 0 aliphatic heterocycles. The monoisotopic (exact) mass is 220 g/mol. The van der Waals surface area contributed by atoms with Gasteiger partial charge in [-0.25, -0.2) is 0 Å². The number of nitrogens with one attached hydrogen (secondary N) is 1. The molecule has 1 rings (SSSR count). The highest BCUT2D eigenvalue weighted by Gasteiger charge is 2.03. The van der Waals surface area contributed by atoms with E-state index in [0.717, 1.165) is 19.6 Å². The molecule has 0 heterocycles. The van der Waals surface area contributed by atoms with E-state index >= 15 is 0 Å². The van der Waals surface area contributed by atoms with Crippen molar-refractivity contribution in [3.8, 4) is 0 Å². The van der Waals surface area contributed by atoms with Crippen LogP contribution < -0.4 is 5.32 Å². The van der Waals surface area contributed by atoms with Crippen molar-refractivity contribution in [2.45, 2.75) is 26.8 Å². The van der Waals surface area contributed by atoms with Crippen molar-refractivity contribution in [2.24, 2.45) is 0 Å². The van der Waals surface area contributed by atoms with Crippen molar-refractivity contribution in [2.75, 3.05) is 26.7 Å². The van der Waals surface area contributed by atoms with Crippen LogP contribution in [-0.2, 0) is 6.54 Å². The number of likely N-dealkylation sites (N-methyl/N-ethyl adjacent to an activating group) is 1. The zero-order valence-corrected chi connectivity index (χ0v) is 10.8. The summed E-state index contributed by atoms with van der Waals surface area (Å²) in [5, 5.41) is 3.21. The molecule has 0 saturated heterocycles. The average molecular weight is 220 g/mol. The van der Waals surface area contributed by atoms with Gasteiger partial charge in [0.05, 0.1) is 0 Å². The summed E-state index contributed by atoms with van der Waals surface area (Å²) in [6.07, 6.45) is 1.22. The summed E-state index contributed by atoms with van der Waals surface area (Å²) in [7, 11) is 2.01. The molecule has 0 saturated carbocycles. The predicted molar refractivity (Wildman–Crippen MR) is 70.7 cm³/mol. The Labute approximate surface area is 99.7 Å². The zero-order valence-electron chi connectivity index (χ0n) is 10.8. The molecular weight excluding hydrogens is 196 g/mol. The van der Waals surface area contributed by atoms with Crippen molar-refractivity contribution >= 4 is 0 Å². The van der Waals surface area contributed by atoms with E-state index in [4.69, 9.17) is 0 Å². The number of hydrogen-bond donors (Lipinski definition) is 1. The Morgan fingerprint density at radius 2 is 1.81 bits per heavy atom. The third kappa shape index (κ3) is 4.77. The molecule has 0 unspecified atom stereocenters. The SMILES string of the molecule is CCCN(CCNC)Cc1ccc(C)cc1. The molecule has 0 aliphatic rings. The molecule has 2 heteroatoms. The van der Waals surface area contributed by atoms with Gasteiger partial charge in [-0.15, -0.1) is 0 Å². The Morgan fingerprint density at radius 1 is 1.12 bits per heavy atom. The van der Waals surface area contributed by atoms with Crippen LogP contribution in [0.25, 0.3) is 0 Å². The molecule has 1 N–H and O–H groups in total. The molecule has 0 amide bonds. The topological polar surface area (TPSA) is 15.3 Å². The van der Waals surface area contributed by atoms with E-state index < -0.39 is 0 Å².